The van der Waals surface area contributed by atoms with Gasteiger partial charge in [-0.25, -0.2) is 4.79 Å². The summed E-state index contributed by atoms with van der Waals surface area (Å²) in [7, 11) is 1.50. The summed E-state index contributed by atoms with van der Waals surface area (Å²) in [6.07, 6.45) is -3.69. The first kappa shape index (κ1) is 20.4. The van der Waals surface area contributed by atoms with E-state index in [4.69, 9.17) is 22.6 Å². The molecule has 0 aliphatic rings. The average molecular weight is 401 g/mol. The van der Waals surface area contributed by atoms with Crippen LogP contribution in [-0.2, 0) is 12.6 Å². The van der Waals surface area contributed by atoms with Gasteiger partial charge >= 0.3 is 12.2 Å². The molecule has 0 saturated carbocycles. The molecule has 2 amide bonds. The first-order valence-corrected chi connectivity index (χ1v) is 8.13. The lowest BCUT2D eigenvalue weighted by atomic mass is 10.1. The zero-order chi connectivity index (χ0) is 20.2. The van der Waals surface area contributed by atoms with E-state index in [9.17, 15) is 18.0 Å². The lowest BCUT2D eigenvalue weighted by Gasteiger charge is -2.18. The molecular weight excluding hydrogens is 385 g/mol. The van der Waals surface area contributed by atoms with E-state index in [-0.39, 0.29) is 17.1 Å². The number of hydrogen-bond donors (Lipinski definition) is 3. The third-order valence-electron chi connectivity index (χ3n) is 3.77. The molecule has 11 heteroatoms. The first-order valence-electron chi connectivity index (χ1n) is 7.75. The molecule has 0 bridgehead atoms. The fraction of sp³-hybridized carbons (Fsp3) is 0.312. The number of anilines is 2. The molecule has 0 radical (unpaired) electrons. The molecule has 0 aliphatic heterocycles. The van der Waals surface area contributed by atoms with Gasteiger partial charge in [-0.2, -0.15) is 23.5 Å². The van der Waals surface area contributed by atoms with Crippen LogP contribution in [0.4, 0.5) is 29.5 Å². The van der Waals surface area contributed by atoms with Gasteiger partial charge in [-0.05, 0) is 31.0 Å². The maximum Gasteiger partial charge on any atom is 0.417 e. The Labute approximate surface area is 157 Å². The smallest absolute Gasteiger partial charge is 0.381 e. The molecule has 4 N–H and O–H groups in total. The molecule has 27 heavy (non-hydrogen) atoms. The number of aromatic amines is 1. The Kier molecular flexibility index (Phi) is 6.17. The van der Waals surface area contributed by atoms with Crippen LogP contribution in [0.5, 0.6) is 0 Å². The monoisotopic (exact) mass is 400 g/mol. The minimum absolute atomic E-state index is 0.0170. The molecule has 0 atom stereocenters. The van der Waals surface area contributed by atoms with Gasteiger partial charge in [0.05, 0.1) is 16.3 Å². The van der Waals surface area contributed by atoms with Crippen molar-refractivity contribution in [3.8, 4) is 6.07 Å². The van der Waals surface area contributed by atoms with E-state index < -0.39 is 22.8 Å². The first-order chi connectivity index (χ1) is 12.6. The number of benzene rings is 1. The molecule has 0 unspecified atom stereocenters. The minimum Gasteiger partial charge on any atom is -0.381 e. The van der Waals surface area contributed by atoms with Crippen molar-refractivity contribution in [3.63, 3.8) is 0 Å². The lowest BCUT2D eigenvalue weighted by molar-refractivity contribution is -0.137. The number of nitrogens with one attached hydrogen (secondary N) is 2. The number of aryl methyl sites for hydroxylation is 1. The van der Waals surface area contributed by atoms with Gasteiger partial charge in [0, 0.05) is 19.3 Å². The van der Waals surface area contributed by atoms with Crippen LogP contribution in [0.25, 0.3) is 0 Å². The highest BCUT2D eigenvalue weighted by Crippen LogP contribution is 2.36. The van der Waals surface area contributed by atoms with Gasteiger partial charge in [0.2, 0.25) is 0 Å². The summed E-state index contributed by atoms with van der Waals surface area (Å²) in [5, 5.41) is 17.3. The number of carbonyl (C=O) groups is 1. The maximum absolute atomic E-state index is 12.9. The van der Waals surface area contributed by atoms with Gasteiger partial charge in [-0.1, -0.05) is 11.6 Å². The number of carbonyl (C=O) groups excluding carboxylic acids is 1. The number of nitrogens with zero attached hydrogens (tertiary/aromatic N) is 3. The molecule has 0 spiro atoms. The quantitative estimate of drug-likeness (QED) is 0.711. The van der Waals surface area contributed by atoms with Crippen molar-refractivity contribution in [2.24, 2.45) is 0 Å². The highest BCUT2D eigenvalue weighted by molar-refractivity contribution is 6.31. The summed E-state index contributed by atoms with van der Waals surface area (Å²) in [4.78, 5) is 13.4. The van der Waals surface area contributed by atoms with Gasteiger partial charge in [-0.3, -0.25) is 5.10 Å². The van der Waals surface area contributed by atoms with Crippen LogP contribution in [0.1, 0.15) is 23.2 Å². The summed E-state index contributed by atoms with van der Waals surface area (Å²) in [5.41, 5.74) is 5.34. The largest absolute Gasteiger partial charge is 0.417 e. The minimum atomic E-state index is -4.62. The van der Waals surface area contributed by atoms with E-state index in [2.05, 4.69) is 15.5 Å². The van der Waals surface area contributed by atoms with Crippen LogP contribution in [0.3, 0.4) is 0 Å². The highest BCUT2D eigenvalue weighted by atomic mass is 35.5. The van der Waals surface area contributed by atoms with Crippen LogP contribution >= 0.6 is 11.6 Å². The van der Waals surface area contributed by atoms with Gasteiger partial charge in [0.25, 0.3) is 0 Å². The number of H-pyrrole nitrogens is 1. The highest BCUT2D eigenvalue weighted by Gasteiger charge is 2.33. The molecular formula is C16H16ClF3N6O. The number of rotatable bonds is 5. The lowest BCUT2D eigenvalue weighted by Crippen LogP contribution is -2.32. The van der Waals surface area contributed by atoms with Gasteiger partial charge in [0.15, 0.2) is 5.82 Å². The van der Waals surface area contributed by atoms with Crippen LogP contribution < -0.4 is 11.1 Å². The van der Waals surface area contributed by atoms with Crippen LogP contribution in [-0.4, -0.2) is 34.7 Å². The van der Waals surface area contributed by atoms with E-state index >= 15 is 0 Å². The van der Waals surface area contributed by atoms with Crippen molar-refractivity contribution in [3.05, 3.63) is 40.0 Å². The summed E-state index contributed by atoms with van der Waals surface area (Å²) >= 11 is 5.55. The zero-order valence-electron chi connectivity index (χ0n) is 14.2. The van der Waals surface area contributed by atoms with E-state index in [1.165, 1.54) is 18.0 Å². The number of urea groups is 1. The number of aromatic nitrogens is 2. The fourth-order valence-corrected chi connectivity index (χ4v) is 2.56. The number of nitrogens with two attached hydrogens (primary N) is 1. The second kappa shape index (κ2) is 8.18. The topological polar surface area (TPSA) is 111 Å². The second-order valence-electron chi connectivity index (χ2n) is 5.72. The molecule has 1 aromatic carbocycles. The molecule has 7 nitrogen and oxygen atoms in total. The number of nitrogen functional groups attached to an aromatic ring is 1. The van der Waals surface area contributed by atoms with E-state index in [1.807, 2.05) is 6.07 Å². The van der Waals surface area contributed by atoms with Crippen molar-refractivity contribution in [2.75, 3.05) is 24.6 Å². The number of alkyl halides is 3. The Morgan fingerprint density at radius 3 is 2.81 bits per heavy atom. The molecule has 0 fully saturated rings. The average Bonchev–Trinajstić information content (AvgIpc) is 2.95. The second-order valence-corrected chi connectivity index (χ2v) is 6.13. The van der Waals surface area contributed by atoms with Crippen molar-refractivity contribution in [2.45, 2.75) is 19.0 Å². The Morgan fingerprint density at radius 1 is 1.48 bits per heavy atom. The van der Waals surface area contributed by atoms with Crippen molar-refractivity contribution in [1.29, 1.82) is 5.26 Å². The standard InChI is InChI=1S/C16H16ClF3N6O/c1-26(6-2-3-13-10(8-21)14(22)25-24-13)15(27)23-9-4-5-12(17)11(7-9)16(18,19)20/h4-5,7H,2-3,6H2,1H3,(H,23,27)(H3,22,24,25). The molecule has 2 rings (SSSR count). The summed E-state index contributed by atoms with van der Waals surface area (Å²) in [5.74, 6) is 0.113. The molecule has 0 aliphatic carbocycles. The van der Waals surface area contributed by atoms with E-state index in [0.29, 0.717) is 25.1 Å². The fourth-order valence-electron chi connectivity index (χ4n) is 2.33. The zero-order valence-corrected chi connectivity index (χ0v) is 14.9. The molecule has 2 aromatic rings. The third-order valence-corrected chi connectivity index (χ3v) is 4.10. The van der Waals surface area contributed by atoms with Gasteiger partial charge in [0.1, 0.15) is 11.6 Å². The Bertz CT molecular complexity index is 874. The van der Waals surface area contributed by atoms with Gasteiger partial charge in [-0.15, -0.1) is 0 Å². The van der Waals surface area contributed by atoms with Crippen molar-refractivity contribution < 1.29 is 18.0 Å². The maximum atomic E-state index is 12.9. The Morgan fingerprint density at radius 2 is 2.19 bits per heavy atom. The van der Waals surface area contributed by atoms with E-state index in [0.717, 1.165) is 12.1 Å². The summed E-state index contributed by atoms with van der Waals surface area (Å²) in [6, 6.07) is 4.51. The van der Waals surface area contributed by atoms with E-state index in [1.54, 1.807) is 0 Å². The van der Waals surface area contributed by atoms with Crippen LogP contribution in [0.15, 0.2) is 18.2 Å². The van der Waals surface area contributed by atoms with Crippen LogP contribution in [0.2, 0.25) is 5.02 Å². The SMILES string of the molecule is CN(CCCc1[nH]nc(N)c1C#N)C(=O)Nc1ccc(Cl)c(C(F)(F)F)c1. The Balaban J connectivity index is 1.93. The normalized spacial score (nSPS) is 11.1. The number of amides is 2. The Hall–Kier alpha value is -2.93. The third kappa shape index (κ3) is 5.04. The summed E-state index contributed by atoms with van der Waals surface area (Å²) < 4.78 is 38.6. The van der Waals surface area contributed by atoms with Crippen molar-refractivity contribution >= 4 is 29.1 Å². The number of hydrogen-bond acceptors (Lipinski definition) is 4. The van der Waals surface area contributed by atoms with Crippen LogP contribution in [0, 0.1) is 11.3 Å². The van der Waals surface area contributed by atoms with Gasteiger partial charge < -0.3 is 16.0 Å². The molecule has 144 valence electrons. The molecule has 1 aromatic heterocycles. The molecule has 0 saturated heterocycles. The summed E-state index contributed by atoms with van der Waals surface area (Å²) in [6.45, 7) is 0.301. The predicted molar refractivity (Wildman–Crippen MR) is 94.1 cm³/mol. The molecule has 1 heterocycles. The van der Waals surface area contributed by atoms with Crippen molar-refractivity contribution in [1.82, 2.24) is 15.1 Å². The predicted octanol–water partition coefficient (Wildman–Crippen LogP) is 3.63. The number of halogens is 4. The number of nitriles is 1.